The van der Waals surface area contributed by atoms with Crippen LogP contribution in [0.1, 0.15) is 23.1 Å². The second kappa shape index (κ2) is 9.05. The van der Waals surface area contributed by atoms with Crippen molar-refractivity contribution in [2.45, 2.75) is 33.0 Å². The molecule has 1 aromatic rings. The summed E-state index contributed by atoms with van der Waals surface area (Å²) in [6.07, 6.45) is -4.25. The molecule has 1 amide bonds. The molecular weight excluding hydrogens is 337 g/mol. The summed E-state index contributed by atoms with van der Waals surface area (Å²) in [5, 5.41) is 9.11. The van der Waals surface area contributed by atoms with Crippen LogP contribution in [0, 0.1) is 19.8 Å². The van der Waals surface area contributed by atoms with Crippen molar-refractivity contribution in [2.24, 2.45) is 11.7 Å². The van der Waals surface area contributed by atoms with Crippen LogP contribution in [-0.2, 0) is 11.3 Å². The van der Waals surface area contributed by atoms with Gasteiger partial charge in [0.2, 0.25) is 5.91 Å². The molecule has 0 fully saturated rings. The van der Waals surface area contributed by atoms with Crippen molar-refractivity contribution in [2.75, 3.05) is 26.8 Å². The molecule has 25 heavy (non-hydrogen) atoms. The minimum absolute atomic E-state index is 0.147. The molecule has 1 aromatic carbocycles. The van der Waals surface area contributed by atoms with Crippen LogP contribution < -0.4 is 10.5 Å². The maximum Gasteiger partial charge on any atom is 0.422 e. The molecule has 5 nitrogen and oxygen atoms in total. The summed E-state index contributed by atoms with van der Waals surface area (Å²) in [6, 6.07) is 3.41. The highest BCUT2D eigenvalue weighted by Crippen LogP contribution is 2.27. The Bertz CT molecular complexity index is 564. The number of ether oxygens (including phenoxy) is 1. The predicted octanol–water partition coefficient (Wildman–Crippen LogP) is 2.16. The third-order valence-electron chi connectivity index (χ3n) is 3.80. The van der Waals surface area contributed by atoms with Crippen LogP contribution in [0.2, 0.25) is 0 Å². The molecule has 0 saturated carbocycles. The zero-order chi connectivity index (χ0) is 19.2. The van der Waals surface area contributed by atoms with Crippen LogP contribution in [0.25, 0.3) is 0 Å². The van der Waals surface area contributed by atoms with E-state index in [1.165, 1.54) is 4.90 Å². The normalized spacial score (nSPS) is 12.8. The molecule has 8 heteroatoms. The standard InChI is InChI=1S/C17H25F3N2O3/c1-11-4-13(5-12(2)16(11)25-10-17(18,19)20)8-22(3)15(24)6-14(7-21)9-23/h4-5,14,23H,6-10,21H2,1-3H3. The number of halogens is 3. The minimum atomic E-state index is -4.39. The molecule has 0 aliphatic carbocycles. The largest absolute Gasteiger partial charge is 0.484 e. The fraction of sp³-hybridized carbons (Fsp3) is 0.588. The van der Waals surface area contributed by atoms with Crippen molar-refractivity contribution < 1.29 is 27.8 Å². The SMILES string of the molecule is Cc1cc(CN(C)C(=O)CC(CN)CO)cc(C)c1OCC(F)(F)F. The van der Waals surface area contributed by atoms with Gasteiger partial charge in [-0.05, 0) is 37.1 Å². The van der Waals surface area contributed by atoms with E-state index in [2.05, 4.69) is 0 Å². The van der Waals surface area contributed by atoms with Gasteiger partial charge in [-0.1, -0.05) is 12.1 Å². The van der Waals surface area contributed by atoms with Crippen LogP contribution in [0.5, 0.6) is 5.75 Å². The van der Waals surface area contributed by atoms with E-state index < -0.39 is 12.8 Å². The summed E-state index contributed by atoms with van der Waals surface area (Å²) in [7, 11) is 1.63. The minimum Gasteiger partial charge on any atom is -0.484 e. The summed E-state index contributed by atoms with van der Waals surface area (Å²) in [5.41, 5.74) is 7.42. The molecule has 3 N–H and O–H groups in total. The van der Waals surface area contributed by atoms with Gasteiger partial charge in [0.15, 0.2) is 6.61 Å². The van der Waals surface area contributed by atoms with Crippen molar-refractivity contribution in [1.82, 2.24) is 4.90 Å². The summed E-state index contributed by atoms with van der Waals surface area (Å²) >= 11 is 0. The highest BCUT2D eigenvalue weighted by molar-refractivity contribution is 5.76. The van der Waals surface area contributed by atoms with Crippen LogP contribution in [0.15, 0.2) is 12.1 Å². The molecule has 0 aliphatic heterocycles. The number of benzene rings is 1. The molecular formula is C17H25F3N2O3. The topological polar surface area (TPSA) is 75.8 Å². The van der Waals surface area contributed by atoms with E-state index in [1.54, 1.807) is 33.0 Å². The van der Waals surface area contributed by atoms with Crippen molar-refractivity contribution in [3.8, 4) is 5.75 Å². The highest BCUT2D eigenvalue weighted by atomic mass is 19.4. The molecule has 0 heterocycles. The Kier molecular flexibility index (Phi) is 7.69. The number of hydrogen-bond donors (Lipinski definition) is 2. The van der Waals surface area contributed by atoms with Crippen LogP contribution >= 0.6 is 0 Å². The number of nitrogens with two attached hydrogens (primary N) is 1. The molecule has 0 bridgehead atoms. The van der Waals surface area contributed by atoms with E-state index in [1.807, 2.05) is 0 Å². The maximum absolute atomic E-state index is 12.3. The van der Waals surface area contributed by atoms with Gasteiger partial charge in [-0.25, -0.2) is 0 Å². The van der Waals surface area contributed by atoms with Gasteiger partial charge >= 0.3 is 6.18 Å². The van der Waals surface area contributed by atoms with E-state index in [0.717, 1.165) is 5.56 Å². The number of carbonyl (C=O) groups excluding carboxylic acids is 1. The van der Waals surface area contributed by atoms with Gasteiger partial charge in [0.25, 0.3) is 0 Å². The fourth-order valence-electron chi connectivity index (χ4n) is 2.50. The zero-order valence-electron chi connectivity index (χ0n) is 14.7. The first-order valence-electron chi connectivity index (χ1n) is 7.92. The van der Waals surface area contributed by atoms with Crippen molar-refractivity contribution >= 4 is 5.91 Å². The summed E-state index contributed by atoms with van der Waals surface area (Å²) < 4.78 is 41.8. The Hall–Kier alpha value is -1.80. The Labute approximate surface area is 145 Å². The van der Waals surface area contributed by atoms with Gasteiger partial charge in [-0.3, -0.25) is 4.79 Å². The second-order valence-electron chi connectivity index (χ2n) is 6.20. The smallest absolute Gasteiger partial charge is 0.422 e. The molecule has 0 aliphatic rings. The predicted molar refractivity (Wildman–Crippen MR) is 88.2 cm³/mol. The average molecular weight is 362 g/mol. The first kappa shape index (κ1) is 21.2. The van der Waals surface area contributed by atoms with Crippen LogP contribution in [0.4, 0.5) is 13.2 Å². The van der Waals surface area contributed by atoms with Gasteiger partial charge in [0.1, 0.15) is 5.75 Å². The Balaban J connectivity index is 2.78. The van der Waals surface area contributed by atoms with E-state index >= 15 is 0 Å². The van der Waals surface area contributed by atoms with Gasteiger partial charge in [0, 0.05) is 32.5 Å². The number of alkyl halides is 3. The van der Waals surface area contributed by atoms with E-state index in [4.69, 9.17) is 15.6 Å². The van der Waals surface area contributed by atoms with Gasteiger partial charge in [0.05, 0.1) is 0 Å². The zero-order valence-corrected chi connectivity index (χ0v) is 14.7. The second-order valence-corrected chi connectivity index (χ2v) is 6.20. The van der Waals surface area contributed by atoms with E-state index in [-0.39, 0.29) is 37.1 Å². The van der Waals surface area contributed by atoms with E-state index in [9.17, 15) is 18.0 Å². The number of amides is 1. The van der Waals surface area contributed by atoms with Crippen molar-refractivity contribution in [3.63, 3.8) is 0 Å². The first-order valence-corrected chi connectivity index (χ1v) is 7.92. The molecule has 1 atom stereocenters. The number of carbonyl (C=O) groups is 1. The van der Waals surface area contributed by atoms with Gasteiger partial charge < -0.3 is 20.5 Å². The van der Waals surface area contributed by atoms with E-state index in [0.29, 0.717) is 17.7 Å². The lowest BCUT2D eigenvalue weighted by Crippen LogP contribution is -2.31. The summed E-state index contributed by atoms with van der Waals surface area (Å²) in [6.45, 7) is 2.37. The summed E-state index contributed by atoms with van der Waals surface area (Å²) in [5.74, 6) is -0.229. The third-order valence-corrected chi connectivity index (χ3v) is 3.80. The lowest BCUT2D eigenvalue weighted by Gasteiger charge is -2.21. The highest BCUT2D eigenvalue weighted by Gasteiger charge is 2.29. The number of aryl methyl sites for hydroxylation is 2. The Morgan fingerprint density at radius 1 is 1.32 bits per heavy atom. The molecule has 142 valence electrons. The third kappa shape index (κ3) is 6.91. The lowest BCUT2D eigenvalue weighted by atomic mass is 10.0. The molecule has 0 aromatic heterocycles. The number of rotatable bonds is 8. The van der Waals surface area contributed by atoms with Gasteiger partial charge in [-0.2, -0.15) is 13.2 Å². The van der Waals surface area contributed by atoms with Crippen molar-refractivity contribution in [1.29, 1.82) is 0 Å². The molecule has 0 spiro atoms. The van der Waals surface area contributed by atoms with Crippen molar-refractivity contribution in [3.05, 3.63) is 28.8 Å². The first-order chi connectivity index (χ1) is 11.6. The van der Waals surface area contributed by atoms with Gasteiger partial charge in [-0.15, -0.1) is 0 Å². The number of nitrogens with zero attached hydrogens (tertiary/aromatic N) is 1. The average Bonchev–Trinajstić information content (AvgIpc) is 2.50. The molecule has 0 radical (unpaired) electrons. The monoisotopic (exact) mass is 362 g/mol. The number of aliphatic hydroxyl groups excluding tert-OH is 1. The lowest BCUT2D eigenvalue weighted by molar-refractivity contribution is -0.153. The maximum atomic E-state index is 12.3. The molecule has 1 unspecified atom stereocenters. The number of hydrogen-bond acceptors (Lipinski definition) is 4. The fourth-order valence-corrected chi connectivity index (χ4v) is 2.50. The summed E-state index contributed by atoms with van der Waals surface area (Å²) in [4.78, 5) is 13.6. The Morgan fingerprint density at radius 2 is 1.88 bits per heavy atom. The Morgan fingerprint density at radius 3 is 2.32 bits per heavy atom. The quantitative estimate of drug-likeness (QED) is 0.743. The number of aliphatic hydroxyl groups is 1. The van der Waals surface area contributed by atoms with Crippen LogP contribution in [0.3, 0.4) is 0 Å². The molecule has 1 rings (SSSR count). The van der Waals surface area contributed by atoms with Crippen LogP contribution in [-0.4, -0.2) is 48.9 Å². The molecule has 0 saturated heterocycles.